The molecule has 1 fully saturated rings. The maximum absolute atomic E-state index is 11.9. The molecule has 0 atom stereocenters. The van der Waals surface area contributed by atoms with Crippen molar-refractivity contribution in [1.29, 1.82) is 0 Å². The van der Waals surface area contributed by atoms with E-state index < -0.39 is 0 Å². The molecule has 7 heteroatoms. The van der Waals surface area contributed by atoms with E-state index in [0.29, 0.717) is 21.4 Å². The standard InChI is InChI=1S/C19H18N2O3S2/c1-4-24-18(23)13-5-7-15(8-6-13)21-11(2)9-14(12(21)3)10-16-17(22)20-19(25)26-16/h5-10H,4H2,1-3H3,(H,20,22,25)/b16-10-. The maximum atomic E-state index is 11.9. The number of aryl methyl sites for hydroxylation is 1. The molecule has 2 heterocycles. The molecule has 0 radical (unpaired) electrons. The largest absolute Gasteiger partial charge is 0.462 e. The van der Waals surface area contributed by atoms with Gasteiger partial charge in [0.05, 0.1) is 17.1 Å². The molecule has 1 aliphatic heterocycles. The van der Waals surface area contributed by atoms with E-state index in [2.05, 4.69) is 9.88 Å². The fourth-order valence-corrected chi connectivity index (χ4v) is 3.89. The zero-order chi connectivity index (χ0) is 18.8. The summed E-state index contributed by atoms with van der Waals surface area (Å²) in [4.78, 5) is 24.3. The van der Waals surface area contributed by atoms with Gasteiger partial charge in [-0.25, -0.2) is 4.79 Å². The molecule has 2 aromatic rings. The molecule has 134 valence electrons. The maximum Gasteiger partial charge on any atom is 0.338 e. The summed E-state index contributed by atoms with van der Waals surface area (Å²) in [5, 5.41) is 2.62. The van der Waals surface area contributed by atoms with Crippen LogP contribution in [0.1, 0.15) is 34.2 Å². The van der Waals surface area contributed by atoms with Crippen LogP contribution < -0.4 is 5.32 Å². The first-order valence-corrected chi connectivity index (χ1v) is 9.34. The summed E-state index contributed by atoms with van der Waals surface area (Å²) in [6.07, 6.45) is 1.85. The van der Waals surface area contributed by atoms with Crippen molar-refractivity contribution in [2.24, 2.45) is 0 Å². The predicted octanol–water partition coefficient (Wildman–Crippen LogP) is 3.76. The Labute approximate surface area is 161 Å². The molecule has 0 saturated carbocycles. The summed E-state index contributed by atoms with van der Waals surface area (Å²) < 4.78 is 7.57. The minimum absolute atomic E-state index is 0.163. The second kappa shape index (κ2) is 7.47. The monoisotopic (exact) mass is 386 g/mol. The van der Waals surface area contributed by atoms with Crippen LogP contribution in [0, 0.1) is 13.8 Å². The average Bonchev–Trinajstić information content (AvgIpc) is 3.06. The highest BCUT2D eigenvalue weighted by Gasteiger charge is 2.23. The first-order valence-electron chi connectivity index (χ1n) is 8.12. The molecule has 1 saturated heterocycles. The van der Waals surface area contributed by atoms with Crippen LogP contribution in [0.3, 0.4) is 0 Å². The van der Waals surface area contributed by atoms with E-state index in [0.717, 1.165) is 22.6 Å². The van der Waals surface area contributed by atoms with Gasteiger partial charge in [-0.3, -0.25) is 4.79 Å². The second-order valence-corrected chi connectivity index (χ2v) is 7.50. The highest BCUT2D eigenvalue weighted by atomic mass is 32.2. The van der Waals surface area contributed by atoms with Crippen LogP contribution in [0.5, 0.6) is 0 Å². The Hall–Kier alpha value is -2.38. The van der Waals surface area contributed by atoms with Crippen LogP contribution in [0.15, 0.2) is 35.2 Å². The van der Waals surface area contributed by atoms with Crippen molar-refractivity contribution in [2.45, 2.75) is 20.8 Å². The summed E-state index contributed by atoms with van der Waals surface area (Å²) in [6, 6.07) is 9.30. The first-order chi connectivity index (χ1) is 12.4. The van der Waals surface area contributed by atoms with Crippen molar-refractivity contribution in [3.8, 4) is 5.69 Å². The minimum atomic E-state index is -0.328. The van der Waals surface area contributed by atoms with Crippen molar-refractivity contribution >= 4 is 46.3 Å². The van der Waals surface area contributed by atoms with E-state index in [1.807, 2.05) is 38.1 Å². The Morgan fingerprint density at radius 2 is 2.00 bits per heavy atom. The molecule has 1 aromatic carbocycles. The number of carbonyl (C=O) groups excluding carboxylic acids is 2. The van der Waals surface area contributed by atoms with Gasteiger partial charge in [-0.05, 0) is 62.7 Å². The molecular weight excluding hydrogens is 368 g/mol. The third-order valence-electron chi connectivity index (χ3n) is 4.04. The zero-order valence-electron chi connectivity index (χ0n) is 14.7. The van der Waals surface area contributed by atoms with Crippen LogP contribution in [0.4, 0.5) is 0 Å². The molecule has 0 spiro atoms. The van der Waals surface area contributed by atoms with Crippen molar-refractivity contribution in [1.82, 2.24) is 9.88 Å². The predicted molar refractivity (Wildman–Crippen MR) is 108 cm³/mol. The minimum Gasteiger partial charge on any atom is -0.462 e. The highest BCUT2D eigenvalue weighted by Crippen LogP contribution is 2.29. The van der Waals surface area contributed by atoms with Gasteiger partial charge in [0.25, 0.3) is 5.91 Å². The van der Waals surface area contributed by atoms with Crippen LogP contribution in [0.2, 0.25) is 0 Å². The molecule has 0 unspecified atom stereocenters. The molecule has 1 amide bonds. The topological polar surface area (TPSA) is 60.3 Å². The molecule has 1 N–H and O–H groups in total. The molecule has 0 bridgehead atoms. The van der Waals surface area contributed by atoms with E-state index in [4.69, 9.17) is 17.0 Å². The van der Waals surface area contributed by atoms with Crippen molar-refractivity contribution in [3.05, 3.63) is 57.8 Å². The van der Waals surface area contributed by atoms with Crippen LogP contribution >= 0.6 is 24.0 Å². The summed E-state index contributed by atoms with van der Waals surface area (Å²) in [6.45, 7) is 6.13. The Balaban J connectivity index is 1.93. The number of thiocarbonyl (C=S) groups is 1. The van der Waals surface area contributed by atoms with Crippen LogP contribution in [-0.2, 0) is 9.53 Å². The molecule has 0 aliphatic carbocycles. The van der Waals surface area contributed by atoms with E-state index in [1.54, 1.807) is 19.1 Å². The molecule has 5 nitrogen and oxygen atoms in total. The Bertz CT molecular complexity index is 927. The normalized spacial score (nSPS) is 15.4. The lowest BCUT2D eigenvalue weighted by Crippen LogP contribution is -2.17. The van der Waals surface area contributed by atoms with E-state index >= 15 is 0 Å². The second-order valence-electron chi connectivity index (χ2n) is 5.78. The van der Waals surface area contributed by atoms with Gasteiger partial charge in [-0.2, -0.15) is 0 Å². The number of rotatable bonds is 4. The summed E-state index contributed by atoms with van der Waals surface area (Å²) in [7, 11) is 0. The van der Waals surface area contributed by atoms with Crippen LogP contribution in [-0.4, -0.2) is 27.4 Å². The fourth-order valence-electron chi connectivity index (χ4n) is 2.85. The summed E-state index contributed by atoms with van der Waals surface area (Å²) >= 11 is 6.30. The smallest absolute Gasteiger partial charge is 0.338 e. The van der Waals surface area contributed by atoms with Gasteiger partial charge in [0.1, 0.15) is 4.32 Å². The number of amides is 1. The Morgan fingerprint density at radius 3 is 2.58 bits per heavy atom. The molecule has 1 aromatic heterocycles. The molecule has 1 aliphatic rings. The number of aromatic nitrogens is 1. The number of benzene rings is 1. The Morgan fingerprint density at radius 1 is 1.31 bits per heavy atom. The van der Waals surface area contributed by atoms with Gasteiger partial charge < -0.3 is 14.6 Å². The SMILES string of the molecule is CCOC(=O)c1ccc(-n2c(C)cc(/C=C3\SC(=S)NC3=O)c2C)cc1. The third kappa shape index (κ3) is 3.59. The third-order valence-corrected chi connectivity index (χ3v) is 5.20. The van der Waals surface area contributed by atoms with Gasteiger partial charge in [-0.15, -0.1) is 0 Å². The number of esters is 1. The number of hydrogen-bond donors (Lipinski definition) is 1. The zero-order valence-corrected chi connectivity index (χ0v) is 16.3. The van der Waals surface area contributed by atoms with E-state index in [9.17, 15) is 9.59 Å². The quantitative estimate of drug-likeness (QED) is 0.493. The van der Waals surface area contributed by atoms with Crippen LogP contribution in [0.25, 0.3) is 11.8 Å². The molecule has 3 rings (SSSR count). The van der Waals surface area contributed by atoms with Gasteiger partial charge in [0.2, 0.25) is 0 Å². The van der Waals surface area contributed by atoms with Crippen molar-refractivity contribution in [2.75, 3.05) is 6.61 Å². The number of carbonyl (C=O) groups is 2. The van der Waals surface area contributed by atoms with Gasteiger partial charge in [-0.1, -0.05) is 24.0 Å². The lowest BCUT2D eigenvalue weighted by Gasteiger charge is -2.10. The van der Waals surface area contributed by atoms with Gasteiger partial charge >= 0.3 is 5.97 Å². The Kier molecular flexibility index (Phi) is 5.29. The number of nitrogens with one attached hydrogen (secondary N) is 1. The number of thioether (sulfide) groups is 1. The summed E-state index contributed by atoms with van der Waals surface area (Å²) in [5.74, 6) is -0.491. The van der Waals surface area contributed by atoms with Gasteiger partial charge in [0, 0.05) is 17.1 Å². The lowest BCUT2D eigenvalue weighted by atomic mass is 10.2. The van der Waals surface area contributed by atoms with Crippen molar-refractivity contribution in [3.63, 3.8) is 0 Å². The average molecular weight is 386 g/mol. The van der Waals surface area contributed by atoms with E-state index in [-0.39, 0.29) is 11.9 Å². The number of ether oxygens (including phenoxy) is 1. The van der Waals surface area contributed by atoms with Crippen molar-refractivity contribution < 1.29 is 14.3 Å². The molecular formula is C19H18N2O3S2. The number of nitrogens with zero attached hydrogens (tertiary/aromatic N) is 1. The number of hydrogen-bond acceptors (Lipinski definition) is 5. The highest BCUT2D eigenvalue weighted by molar-refractivity contribution is 8.26. The van der Waals surface area contributed by atoms with E-state index in [1.165, 1.54) is 11.8 Å². The molecule has 26 heavy (non-hydrogen) atoms. The first kappa shape index (κ1) is 18.4. The fraction of sp³-hybridized carbons (Fsp3) is 0.211. The van der Waals surface area contributed by atoms with Gasteiger partial charge in [0.15, 0.2) is 0 Å². The summed E-state index contributed by atoms with van der Waals surface area (Å²) in [5.41, 5.74) is 4.46. The lowest BCUT2D eigenvalue weighted by molar-refractivity contribution is -0.115.